The van der Waals surface area contributed by atoms with E-state index < -0.39 is 11.8 Å². The molecule has 0 aliphatic carbocycles. The van der Waals surface area contributed by atoms with Crippen molar-refractivity contribution in [2.75, 3.05) is 7.11 Å². The van der Waals surface area contributed by atoms with Crippen molar-refractivity contribution in [1.82, 2.24) is 0 Å². The van der Waals surface area contributed by atoms with Gasteiger partial charge in [-0.25, -0.2) is 9.18 Å². The molecule has 2 aromatic rings. The van der Waals surface area contributed by atoms with Crippen molar-refractivity contribution in [3.05, 3.63) is 59.9 Å². The third-order valence-corrected chi connectivity index (χ3v) is 2.74. The number of benzene rings is 2. The molecule has 2 rings (SSSR count). The van der Waals surface area contributed by atoms with E-state index in [1.54, 1.807) is 25.3 Å². The number of carboxylic acids is 1. The van der Waals surface area contributed by atoms with E-state index in [2.05, 4.69) is 0 Å². The minimum atomic E-state index is -1.07. The van der Waals surface area contributed by atoms with Crippen LogP contribution in [0, 0.1) is 5.82 Å². The Morgan fingerprint density at radius 1 is 1.20 bits per heavy atom. The molecule has 0 saturated carbocycles. The maximum absolute atomic E-state index is 13.6. The van der Waals surface area contributed by atoms with E-state index in [-0.39, 0.29) is 0 Å². The van der Waals surface area contributed by atoms with Crippen LogP contribution in [0.4, 0.5) is 4.39 Å². The zero-order chi connectivity index (χ0) is 14.5. The Kier molecular flexibility index (Phi) is 4.15. The largest absolute Gasteiger partial charge is 0.497 e. The number of carboxylic acid groups (broad SMARTS) is 1. The number of carbonyl (C=O) groups is 1. The average molecular weight is 272 g/mol. The molecule has 4 heteroatoms. The summed E-state index contributed by atoms with van der Waals surface area (Å²) in [6.45, 7) is 0. The van der Waals surface area contributed by atoms with Crippen molar-refractivity contribution >= 4 is 12.0 Å². The van der Waals surface area contributed by atoms with Crippen LogP contribution < -0.4 is 4.74 Å². The molecule has 0 unspecified atom stereocenters. The van der Waals surface area contributed by atoms with E-state index in [1.165, 1.54) is 18.2 Å². The topological polar surface area (TPSA) is 46.5 Å². The summed E-state index contributed by atoms with van der Waals surface area (Å²) in [5, 5.41) is 8.60. The fourth-order valence-corrected chi connectivity index (χ4v) is 1.85. The number of methoxy groups -OCH3 is 1. The molecule has 0 fully saturated rings. The fraction of sp³-hybridized carbons (Fsp3) is 0.0625. The van der Waals surface area contributed by atoms with E-state index in [0.29, 0.717) is 16.9 Å². The van der Waals surface area contributed by atoms with Crippen LogP contribution in [-0.4, -0.2) is 18.2 Å². The van der Waals surface area contributed by atoms with E-state index in [9.17, 15) is 9.18 Å². The van der Waals surface area contributed by atoms with Gasteiger partial charge in [0.15, 0.2) is 0 Å². The van der Waals surface area contributed by atoms with Gasteiger partial charge in [-0.05, 0) is 53.1 Å². The van der Waals surface area contributed by atoms with Gasteiger partial charge in [-0.2, -0.15) is 0 Å². The molecular weight excluding hydrogens is 259 g/mol. The molecule has 0 aliphatic rings. The lowest BCUT2D eigenvalue weighted by atomic mass is 10.0. The molecule has 0 bridgehead atoms. The standard InChI is InChI=1S/C16H13FO3/c1-20-15-4-2-3-12(10-15)13-7-11(5-6-16(18)19)8-14(17)9-13/h2-10H,1H3,(H,18,19)/b6-5+. The van der Waals surface area contributed by atoms with Crippen molar-refractivity contribution in [2.45, 2.75) is 0 Å². The van der Waals surface area contributed by atoms with Crippen LogP contribution in [0.15, 0.2) is 48.5 Å². The summed E-state index contributed by atoms with van der Waals surface area (Å²) in [6.07, 6.45) is 2.33. The van der Waals surface area contributed by atoms with E-state index in [1.807, 2.05) is 12.1 Å². The van der Waals surface area contributed by atoms with Gasteiger partial charge < -0.3 is 9.84 Å². The van der Waals surface area contributed by atoms with Crippen LogP contribution in [-0.2, 0) is 4.79 Å². The Balaban J connectivity index is 2.43. The van der Waals surface area contributed by atoms with Crippen LogP contribution in [0.5, 0.6) is 5.75 Å². The van der Waals surface area contributed by atoms with Gasteiger partial charge in [-0.1, -0.05) is 12.1 Å². The number of halogens is 1. The molecular formula is C16H13FO3. The van der Waals surface area contributed by atoms with Gasteiger partial charge in [-0.3, -0.25) is 0 Å². The monoisotopic (exact) mass is 272 g/mol. The normalized spacial score (nSPS) is 10.7. The Hall–Kier alpha value is -2.62. The van der Waals surface area contributed by atoms with E-state index in [0.717, 1.165) is 11.6 Å². The lowest BCUT2D eigenvalue weighted by Gasteiger charge is -2.06. The number of rotatable bonds is 4. The van der Waals surface area contributed by atoms with Crippen molar-refractivity contribution in [2.24, 2.45) is 0 Å². The number of aliphatic carboxylic acids is 1. The Bertz CT molecular complexity index is 663. The first kappa shape index (κ1) is 13.8. The van der Waals surface area contributed by atoms with E-state index >= 15 is 0 Å². The third kappa shape index (κ3) is 3.45. The van der Waals surface area contributed by atoms with Gasteiger partial charge >= 0.3 is 5.97 Å². The second-order valence-corrected chi connectivity index (χ2v) is 4.18. The Morgan fingerprint density at radius 2 is 2.00 bits per heavy atom. The highest BCUT2D eigenvalue weighted by Gasteiger charge is 2.03. The third-order valence-electron chi connectivity index (χ3n) is 2.74. The molecule has 0 heterocycles. The highest BCUT2D eigenvalue weighted by Crippen LogP contribution is 2.26. The van der Waals surface area contributed by atoms with Gasteiger partial charge in [0.05, 0.1) is 7.11 Å². The minimum absolute atomic E-state index is 0.421. The molecule has 0 amide bonds. The summed E-state index contributed by atoms with van der Waals surface area (Å²) in [6, 6.07) is 11.6. The van der Waals surface area contributed by atoms with Gasteiger partial charge in [-0.15, -0.1) is 0 Å². The molecule has 2 aromatic carbocycles. The van der Waals surface area contributed by atoms with E-state index in [4.69, 9.17) is 9.84 Å². The molecule has 20 heavy (non-hydrogen) atoms. The SMILES string of the molecule is COc1cccc(-c2cc(F)cc(/C=C/C(=O)O)c2)c1. The maximum Gasteiger partial charge on any atom is 0.328 e. The minimum Gasteiger partial charge on any atom is -0.497 e. The molecule has 0 aliphatic heterocycles. The smallest absolute Gasteiger partial charge is 0.328 e. The zero-order valence-corrected chi connectivity index (χ0v) is 10.8. The highest BCUT2D eigenvalue weighted by molar-refractivity contribution is 5.85. The number of hydrogen-bond acceptors (Lipinski definition) is 2. The second kappa shape index (κ2) is 6.02. The maximum atomic E-state index is 13.6. The molecule has 3 nitrogen and oxygen atoms in total. The summed E-state index contributed by atoms with van der Waals surface area (Å²) in [7, 11) is 1.56. The predicted octanol–water partition coefficient (Wildman–Crippen LogP) is 3.60. The van der Waals surface area contributed by atoms with Crippen LogP contribution >= 0.6 is 0 Å². The average Bonchev–Trinajstić information content (AvgIpc) is 2.44. The molecule has 0 spiro atoms. The molecule has 0 saturated heterocycles. The predicted molar refractivity (Wildman–Crippen MR) is 75.1 cm³/mol. The zero-order valence-electron chi connectivity index (χ0n) is 10.8. The van der Waals surface area contributed by atoms with Crippen LogP contribution in [0.2, 0.25) is 0 Å². The molecule has 0 aromatic heterocycles. The second-order valence-electron chi connectivity index (χ2n) is 4.18. The summed E-state index contributed by atoms with van der Waals surface area (Å²) >= 11 is 0. The first-order valence-electron chi connectivity index (χ1n) is 5.94. The van der Waals surface area contributed by atoms with Gasteiger partial charge in [0.2, 0.25) is 0 Å². The summed E-state index contributed by atoms with van der Waals surface area (Å²) in [4.78, 5) is 10.5. The molecule has 1 N–H and O–H groups in total. The van der Waals surface area contributed by atoms with Crippen LogP contribution in [0.3, 0.4) is 0 Å². The molecule has 102 valence electrons. The summed E-state index contributed by atoms with van der Waals surface area (Å²) < 4.78 is 18.7. The van der Waals surface area contributed by atoms with Crippen molar-refractivity contribution in [3.63, 3.8) is 0 Å². The number of hydrogen-bond donors (Lipinski definition) is 1. The quantitative estimate of drug-likeness (QED) is 0.865. The Morgan fingerprint density at radius 3 is 2.70 bits per heavy atom. The summed E-state index contributed by atoms with van der Waals surface area (Å²) in [5.41, 5.74) is 1.95. The van der Waals surface area contributed by atoms with Gasteiger partial charge in [0.1, 0.15) is 11.6 Å². The first-order valence-corrected chi connectivity index (χ1v) is 5.94. The fourth-order valence-electron chi connectivity index (χ4n) is 1.85. The van der Waals surface area contributed by atoms with Crippen LogP contribution in [0.25, 0.3) is 17.2 Å². The van der Waals surface area contributed by atoms with Crippen LogP contribution in [0.1, 0.15) is 5.56 Å². The lowest BCUT2D eigenvalue weighted by molar-refractivity contribution is -0.131. The highest BCUT2D eigenvalue weighted by atomic mass is 19.1. The first-order chi connectivity index (χ1) is 9.58. The van der Waals surface area contributed by atoms with Crippen molar-refractivity contribution in [1.29, 1.82) is 0 Å². The number of ether oxygens (including phenoxy) is 1. The van der Waals surface area contributed by atoms with Crippen molar-refractivity contribution < 1.29 is 19.0 Å². The Labute approximate surface area is 115 Å². The molecule has 0 atom stereocenters. The van der Waals surface area contributed by atoms with Gasteiger partial charge in [0, 0.05) is 6.08 Å². The molecule has 0 radical (unpaired) electrons. The lowest BCUT2D eigenvalue weighted by Crippen LogP contribution is -1.88. The van der Waals surface area contributed by atoms with Crippen molar-refractivity contribution in [3.8, 4) is 16.9 Å². The summed E-state index contributed by atoms with van der Waals surface area (Å²) in [5.74, 6) is -0.818. The van der Waals surface area contributed by atoms with Gasteiger partial charge in [0.25, 0.3) is 0 Å².